The first-order valence-corrected chi connectivity index (χ1v) is 10.7. The van der Waals surface area contributed by atoms with Gasteiger partial charge in [0, 0.05) is 36.0 Å². The van der Waals surface area contributed by atoms with Gasteiger partial charge in [0.25, 0.3) is 0 Å². The van der Waals surface area contributed by atoms with Crippen LogP contribution in [0, 0.1) is 0 Å². The van der Waals surface area contributed by atoms with Crippen LogP contribution in [0.1, 0.15) is 39.5 Å². The molecule has 0 N–H and O–H groups in total. The number of ether oxygens (including phenoxy) is 1. The normalized spacial score (nSPS) is 15.5. The quantitative estimate of drug-likeness (QED) is 0.399. The summed E-state index contributed by atoms with van der Waals surface area (Å²) in [5.74, 6) is 1.26. The molecule has 0 saturated carbocycles. The molecule has 0 aliphatic heterocycles. The van der Waals surface area contributed by atoms with Crippen molar-refractivity contribution in [3.63, 3.8) is 0 Å². The van der Waals surface area contributed by atoms with Crippen LogP contribution in [-0.2, 0) is 13.0 Å². The molecule has 1 aliphatic carbocycles. The molecule has 3 nitrogen and oxygen atoms in total. The average Bonchev–Trinajstić information content (AvgIpc) is 3.19. The van der Waals surface area contributed by atoms with Gasteiger partial charge in [-0.2, -0.15) is 0 Å². The summed E-state index contributed by atoms with van der Waals surface area (Å²) in [6.45, 7) is 0.758. The summed E-state index contributed by atoms with van der Waals surface area (Å²) in [6, 6.07) is 28.8. The van der Waals surface area contributed by atoms with Gasteiger partial charge in [0.05, 0.1) is 7.11 Å². The molecule has 3 heteroatoms. The Bertz CT molecular complexity index is 1190. The highest BCUT2D eigenvalue weighted by Gasteiger charge is 2.32. The number of rotatable bonds is 5. The number of aromatic nitrogens is 1. The summed E-state index contributed by atoms with van der Waals surface area (Å²) < 4.78 is 7.59. The van der Waals surface area contributed by atoms with Gasteiger partial charge in [-0.05, 0) is 41.2 Å². The maximum atomic E-state index is 13.4. The predicted octanol–water partition coefficient (Wildman–Crippen LogP) is 6.12. The van der Waals surface area contributed by atoms with Crippen LogP contribution in [-0.4, -0.2) is 17.5 Å². The van der Waals surface area contributed by atoms with E-state index < -0.39 is 0 Å². The molecule has 1 aromatic heterocycles. The maximum Gasteiger partial charge on any atom is 0.165 e. The fraction of sp³-hybridized carbons (Fsp3) is 0.179. The second-order valence-electron chi connectivity index (χ2n) is 8.15. The minimum Gasteiger partial charge on any atom is -0.497 e. The summed E-state index contributed by atoms with van der Waals surface area (Å²) in [6.07, 6.45) is 3.58. The van der Waals surface area contributed by atoms with Crippen LogP contribution in [0.5, 0.6) is 5.75 Å². The molecule has 0 saturated heterocycles. The number of ketones is 1. The van der Waals surface area contributed by atoms with Gasteiger partial charge in [-0.3, -0.25) is 4.79 Å². The maximum absolute atomic E-state index is 13.4. The molecule has 5 rings (SSSR count). The first-order chi connectivity index (χ1) is 15.2. The van der Waals surface area contributed by atoms with Gasteiger partial charge in [-0.15, -0.1) is 0 Å². The fourth-order valence-electron chi connectivity index (χ4n) is 4.63. The van der Waals surface area contributed by atoms with Crippen LogP contribution >= 0.6 is 0 Å². The van der Waals surface area contributed by atoms with E-state index in [1.165, 1.54) is 11.1 Å². The van der Waals surface area contributed by atoms with Crippen LogP contribution in [0.4, 0.5) is 0 Å². The van der Waals surface area contributed by atoms with Gasteiger partial charge in [0.2, 0.25) is 0 Å². The molecule has 1 heterocycles. The number of nitrogens with zero attached hydrogens (tertiary/aromatic N) is 1. The summed E-state index contributed by atoms with van der Waals surface area (Å²) in [7, 11) is 1.67. The second kappa shape index (κ2) is 8.27. The molecule has 0 spiro atoms. The lowest BCUT2D eigenvalue weighted by Crippen LogP contribution is -2.21. The smallest absolute Gasteiger partial charge is 0.165 e. The average molecular weight is 408 g/mol. The van der Waals surface area contributed by atoms with Crippen LogP contribution in [0.15, 0.2) is 91.1 Å². The lowest BCUT2D eigenvalue weighted by Gasteiger charge is -2.24. The van der Waals surface area contributed by atoms with E-state index in [1.807, 2.05) is 36.4 Å². The Labute approximate surface area is 182 Å². The number of benzene rings is 3. The van der Waals surface area contributed by atoms with Crippen LogP contribution in [0.3, 0.4) is 0 Å². The standard InChI is InChI=1S/C28H25NO2/c1-31-24-14-12-22(13-15-24)25-19-29(18-20-8-4-2-5-9-20)26-16-23(17-27(30)28(25)26)21-10-6-3-7-11-21/h2-15,19,23H,16-18H2,1H3. The number of fused-ring (bicyclic) bond motifs is 1. The van der Waals surface area contributed by atoms with E-state index in [4.69, 9.17) is 4.74 Å². The molecule has 4 aromatic rings. The lowest BCUT2D eigenvalue weighted by molar-refractivity contribution is 0.0964. The van der Waals surface area contributed by atoms with Crippen LogP contribution in [0.25, 0.3) is 11.1 Å². The minimum absolute atomic E-state index is 0.217. The zero-order valence-corrected chi connectivity index (χ0v) is 17.6. The van der Waals surface area contributed by atoms with E-state index in [-0.39, 0.29) is 11.7 Å². The molecule has 0 radical (unpaired) electrons. The van der Waals surface area contributed by atoms with E-state index in [2.05, 4.69) is 59.3 Å². The Morgan fingerprint density at radius 3 is 2.23 bits per heavy atom. The summed E-state index contributed by atoms with van der Waals surface area (Å²) in [5.41, 5.74) is 6.56. The third-order valence-electron chi connectivity index (χ3n) is 6.21. The van der Waals surface area contributed by atoms with Gasteiger partial charge in [-0.25, -0.2) is 0 Å². The highest BCUT2D eigenvalue weighted by molar-refractivity contribution is 6.05. The first kappa shape index (κ1) is 19.4. The van der Waals surface area contributed by atoms with E-state index in [1.54, 1.807) is 7.11 Å². The Morgan fingerprint density at radius 1 is 0.871 bits per heavy atom. The molecular formula is C28H25NO2. The Morgan fingerprint density at radius 2 is 1.55 bits per heavy atom. The van der Waals surface area contributed by atoms with Crippen LogP contribution < -0.4 is 4.74 Å². The Balaban J connectivity index is 1.60. The number of carbonyl (C=O) groups is 1. The number of hydrogen-bond acceptors (Lipinski definition) is 2. The molecule has 0 bridgehead atoms. The number of Topliss-reactive ketones (excluding diaryl/α,β-unsaturated/α-hetero) is 1. The van der Waals surface area contributed by atoms with Crippen molar-refractivity contribution in [2.45, 2.75) is 25.3 Å². The predicted molar refractivity (Wildman–Crippen MR) is 124 cm³/mol. The van der Waals surface area contributed by atoms with Crippen LogP contribution in [0.2, 0.25) is 0 Å². The van der Waals surface area contributed by atoms with E-state index in [0.29, 0.717) is 6.42 Å². The third kappa shape index (κ3) is 3.79. The molecule has 0 fully saturated rings. The summed E-state index contributed by atoms with van der Waals surface area (Å²) in [5, 5.41) is 0. The van der Waals surface area contributed by atoms with Gasteiger partial charge < -0.3 is 9.30 Å². The second-order valence-corrected chi connectivity index (χ2v) is 8.15. The number of hydrogen-bond donors (Lipinski definition) is 0. The third-order valence-corrected chi connectivity index (χ3v) is 6.21. The Kier molecular flexibility index (Phi) is 5.17. The molecule has 1 atom stereocenters. The number of carbonyl (C=O) groups excluding carboxylic acids is 1. The zero-order chi connectivity index (χ0) is 21.2. The monoisotopic (exact) mass is 407 g/mol. The summed E-state index contributed by atoms with van der Waals surface area (Å²) in [4.78, 5) is 13.4. The molecule has 31 heavy (non-hydrogen) atoms. The first-order valence-electron chi connectivity index (χ1n) is 10.7. The van der Waals surface area contributed by atoms with E-state index >= 15 is 0 Å². The molecule has 3 aromatic carbocycles. The van der Waals surface area contributed by atoms with Crippen molar-refractivity contribution in [2.24, 2.45) is 0 Å². The highest BCUT2D eigenvalue weighted by Crippen LogP contribution is 2.39. The molecular weight excluding hydrogens is 382 g/mol. The van der Waals surface area contributed by atoms with Gasteiger partial charge in [0.15, 0.2) is 5.78 Å². The lowest BCUT2D eigenvalue weighted by atomic mass is 9.80. The largest absolute Gasteiger partial charge is 0.497 e. The SMILES string of the molecule is COc1ccc(-c2cn(Cc3ccccc3)c3c2C(=O)CC(c2ccccc2)C3)cc1. The minimum atomic E-state index is 0.217. The topological polar surface area (TPSA) is 31.2 Å². The summed E-state index contributed by atoms with van der Waals surface area (Å²) >= 11 is 0. The van der Waals surface area contributed by atoms with Gasteiger partial charge >= 0.3 is 0 Å². The van der Waals surface area contributed by atoms with Crippen molar-refractivity contribution in [1.82, 2.24) is 4.57 Å². The molecule has 1 aliphatic rings. The zero-order valence-electron chi connectivity index (χ0n) is 17.6. The van der Waals surface area contributed by atoms with Crippen molar-refractivity contribution in [1.29, 1.82) is 0 Å². The van der Waals surface area contributed by atoms with Crippen molar-refractivity contribution < 1.29 is 9.53 Å². The van der Waals surface area contributed by atoms with E-state index in [0.717, 1.165) is 41.1 Å². The van der Waals surface area contributed by atoms with Gasteiger partial charge in [0.1, 0.15) is 5.75 Å². The Hall–Kier alpha value is -3.59. The highest BCUT2D eigenvalue weighted by atomic mass is 16.5. The van der Waals surface area contributed by atoms with E-state index in [9.17, 15) is 4.79 Å². The molecule has 1 unspecified atom stereocenters. The van der Waals surface area contributed by atoms with Gasteiger partial charge in [-0.1, -0.05) is 72.8 Å². The molecule has 154 valence electrons. The fourth-order valence-corrected chi connectivity index (χ4v) is 4.63. The molecule has 0 amide bonds. The van der Waals surface area contributed by atoms with Crippen molar-refractivity contribution in [3.05, 3.63) is 114 Å². The van der Waals surface area contributed by atoms with Crippen molar-refractivity contribution >= 4 is 5.78 Å². The van der Waals surface area contributed by atoms with Crippen molar-refractivity contribution in [2.75, 3.05) is 7.11 Å². The van der Waals surface area contributed by atoms with Crippen molar-refractivity contribution in [3.8, 4) is 16.9 Å². The number of methoxy groups -OCH3 is 1.